The molecule has 0 unspecified atom stereocenters. The fraction of sp³-hybridized carbons (Fsp3) is 0.0625. The van der Waals surface area contributed by atoms with Crippen LogP contribution in [0.1, 0.15) is 5.56 Å². The topological polar surface area (TPSA) is 69.0 Å². The number of aromatic nitrogens is 2. The number of carbonyl (C=O) groups excluding carboxylic acids is 2. The number of benzene rings is 2. The predicted molar refractivity (Wildman–Crippen MR) is 84.3 cm³/mol. The van der Waals surface area contributed by atoms with E-state index in [9.17, 15) is 4.79 Å². The van der Waals surface area contributed by atoms with Gasteiger partial charge in [0.2, 0.25) is 0 Å². The molecule has 3 rings (SSSR count). The van der Waals surface area contributed by atoms with E-state index in [1.165, 1.54) is 0 Å². The molecule has 1 aromatic heterocycles. The molecule has 0 bridgehead atoms. The SMILES string of the molecule is O=C=O.O=c1c2ccc(Br)cc2ncn1Cc1ccccc1. The third kappa shape index (κ3) is 3.75. The molecule has 5 nitrogen and oxygen atoms in total. The summed E-state index contributed by atoms with van der Waals surface area (Å²) >= 11 is 3.38. The summed E-state index contributed by atoms with van der Waals surface area (Å²) in [5.41, 5.74) is 1.79. The highest BCUT2D eigenvalue weighted by molar-refractivity contribution is 9.10. The van der Waals surface area contributed by atoms with Gasteiger partial charge in [-0.3, -0.25) is 9.36 Å². The molecule has 0 spiro atoms. The molecule has 0 saturated carbocycles. The number of hydrogen-bond acceptors (Lipinski definition) is 4. The molecule has 0 atom stereocenters. The molecule has 0 amide bonds. The predicted octanol–water partition coefficient (Wildman–Crippen LogP) is 2.62. The summed E-state index contributed by atoms with van der Waals surface area (Å²) in [4.78, 5) is 32.9. The average Bonchev–Trinajstić information content (AvgIpc) is 2.52. The van der Waals surface area contributed by atoms with Crippen LogP contribution >= 0.6 is 15.9 Å². The average molecular weight is 359 g/mol. The standard InChI is InChI=1S/C15H11BrN2O.CO2/c16-12-6-7-13-14(8-12)17-10-18(15(13)19)9-11-4-2-1-3-5-11;2-1-3/h1-8,10H,9H2;. The van der Waals surface area contributed by atoms with E-state index in [1.54, 1.807) is 17.0 Å². The van der Waals surface area contributed by atoms with Crippen molar-refractivity contribution in [2.45, 2.75) is 6.54 Å². The highest BCUT2D eigenvalue weighted by Crippen LogP contribution is 2.15. The summed E-state index contributed by atoms with van der Waals surface area (Å²) in [6.07, 6.45) is 1.85. The van der Waals surface area contributed by atoms with Crippen LogP contribution in [0.2, 0.25) is 0 Å². The molecule has 0 aliphatic carbocycles. The third-order valence-electron chi connectivity index (χ3n) is 2.98. The Labute approximate surface area is 134 Å². The summed E-state index contributed by atoms with van der Waals surface area (Å²) in [7, 11) is 0. The Hall–Kier alpha value is -2.56. The number of nitrogens with zero attached hydrogens (tertiary/aromatic N) is 2. The highest BCUT2D eigenvalue weighted by Gasteiger charge is 2.04. The van der Waals surface area contributed by atoms with E-state index in [0.29, 0.717) is 17.4 Å². The molecule has 0 fully saturated rings. The first kappa shape index (κ1) is 15.8. The van der Waals surface area contributed by atoms with Crippen LogP contribution in [-0.2, 0) is 16.1 Å². The van der Waals surface area contributed by atoms with Gasteiger partial charge in [0.25, 0.3) is 5.56 Å². The maximum absolute atomic E-state index is 12.4. The van der Waals surface area contributed by atoms with Gasteiger partial charge in [-0.05, 0) is 23.8 Å². The van der Waals surface area contributed by atoms with Gasteiger partial charge in [0.05, 0.1) is 23.8 Å². The molecule has 110 valence electrons. The Morgan fingerprint density at radius 2 is 1.77 bits per heavy atom. The zero-order valence-corrected chi connectivity index (χ0v) is 13.0. The number of rotatable bonds is 2. The lowest BCUT2D eigenvalue weighted by Gasteiger charge is -2.06. The molecular weight excluding hydrogens is 348 g/mol. The molecule has 0 saturated heterocycles. The van der Waals surface area contributed by atoms with Gasteiger partial charge in [-0.1, -0.05) is 46.3 Å². The molecule has 3 aromatic rings. The van der Waals surface area contributed by atoms with Crippen molar-refractivity contribution in [1.82, 2.24) is 9.55 Å². The van der Waals surface area contributed by atoms with Crippen LogP contribution in [0, 0.1) is 0 Å². The molecule has 0 aliphatic heterocycles. The summed E-state index contributed by atoms with van der Waals surface area (Å²) in [6, 6.07) is 15.4. The van der Waals surface area contributed by atoms with E-state index >= 15 is 0 Å². The normalized spacial score (nSPS) is 9.68. The van der Waals surface area contributed by atoms with Crippen LogP contribution in [0.4, 0.5) is 0 Å². The largest absolute Gasteiger partial charge is 0.373 e. The number of hydrogen-bond donors (Lipinski definition) is 0. The van der Waals surface area contributed by atoms with Crippen LogP contribution in [0.3, 0.4) is 0 Å². The number of halogens is 1. The highest BCUT2D eigenvalue weighted by atomic mass is 79.9. The monoisotopic (exact) mass is 358 g/mol. The van der Waals surface area contributed by atoms with E-state index in [0.717, 1.165) is 10.0 Å². The van der Waals surface area contributed by atoms with Crippen molar-refractivity contribution in [3.63, 3.8) is 0 Å². The minimum atomic E-state index is -0.0126. The van der Waals surface area contributed by atoms with Crippen molar-refractivity contribution in [3.05, 3.63) is 75.2 Å². The lowest BCUT2D eigenvalue weighted by Crippen LogP contribution is -2.21. The Morgan fingerprint density at radius 3 is 2.45 bits per heavy atom. The van der Waals surface area contributed by atoms with Crippen molar-refractivity contribution in [3.8, 4) is 0 Å². The first-order chi connectivity index (χ1) is 10.7. The first-order valence-corrected chi connectivity index (χ1v) is 7.13. The van der Waals surface area contributed by atoms with Gasteiger partial charge in [0.15, 0.2) is 0 Å². The molecular formula is C16H11BrN2O3. The lowest BCUT2D eigenvalue weighted by molar-refractivity contribution is -0.191. The van der Waals surface area contributed by atoms with Crippen molar-refractivity contribution in [1.29, 1.82) is 0 Å². The fourth-order valence-corrected chi connectivity index (χ4v) is 2.37. The summed E-state index contributed by atoms with van der Waals surface area (Å²) in [5.74, 6) is 0. The second-order valence-corrected chi connectivity index (χ2v) is 5.32. The van der Waals surface area contributed by atoms with Gasteiger partial charge in [0.1, 0.15) is 0 Å². The van der Waals surface area contributed by atoms with Gasteiger partial charge >= 0.3 is 6.15 Å². The second kappa shape index (κ2) is 7.45. The maximum atomic E-state index is 12.4. The molecule has 0 radical (unpaired) electrons. The Morgan fingerprint density at radius 1 is 1.09 bits per heavy atom. The van der Waals surface area contributed by atoms with Gasteiger partial charge in [-0.2, -0.15) is 9.59 Å². The molecule has 2 aromatic carbocycles. The maximum Gasteiger partial charge on any atom is 0.373 e. The van der Waals surface area contributed by atoms with Gasteiger partial charge in [-0.25, -0.2) is 4.98 Å². The van der Waals surface area contributed by atoms with Gasteiger partial charge in [-0.15, -0.1) is 0 Å². The molecule has 1 heterocycles. The van der Waals surface area contributed by atoms with Gasteiger partial charge in [0, 0.05) is 4.47 Å². The second-order valence-electron chi connectivity index (χ2n) is 4.41. The van der Waals surface area contributed by atoms with Crippen LogP contribution in [0.5, 0.6) is 0 Å². The van der Waals surface area contributed by atoms with Crippen LogP contribution in [-0.4, -0.2) is 15.7 Å². The van der Waals surface area contributed by atoms with Gasteiger partial charge < -0.3 is 0 Å². The Bertz CT molecular complexity index is 869. The van der Waals surface area contributed by atoms with Crippen LogP contribution in [0.25, 0.3) is 10.9 Å². The van der Waals surface area contributed by atoms with E-state index in [-0.39, 0.29) is 11.7 Å². The molecule has 22 heavy (non-hydrogen) atoms. The van der Waals surface area contributed by atoms with Crippen LogP contribution in [0.15, 0.2) is 64.1 Å². The Kier molecular flexibility index (Phi) is 5.36. The van der Waals surface area contributed by atoms with E-state index in [1.807, 2.05) is 42.5 Å². The lowest BCUT2D eigenvalue weighted by atomic mass is 10.2. The quantitative estimate of drug-likeness (QED) is 0.705. The van der Waals surface area contributed by atoms with E-state index in [2.05, 4.69) is 20.9 Å². The smallest absolute Gasteiger partial charge is 0.294 e. The number of fused-ring (bicyclic) bond motifs is 1. The summed E-state index contributed by atoms with van der Waals surface area (Å²) in [5, 5.41) is 0.640. The Balaban J connectivity index is 0.000000545. The first-order valence-electron chi connectivity index (χ1n) is 6.33. The van der Waals surface area contributed by atoms with Crippen molar-refractivity contribution in [2.24, 2.45) is 0 Å². The summed E-state index contributed by atoms with van der Waals surface area (Å²) < 4.78 is 2.55. The third-order valence-corrected chi connectivity index (χ3v) is 3.48. The molecule has 6 heteroatoms. The zero-order chi connectivity index (χ0) is 15.9. The minimum Gasteiger partial charge on any atom is -0.294 e. The van der Waals surface area contributed by atoms with E-state index < -0.39 is 0 Å². The molecule has 0 N–H and O–H groups in total. The minimum absolute atomic E-state index is 0.0126. The fourth-order valence-electron chi connectivity index (χ4n) is 2.02. The van der Waals surface area contributed by atoms with Crippen LogP contribution < -0.4 is 5.56 Å². The zero-order valence-electron chi connectivity index (χ0n) is 11.4. The molecule has 0 aliphatic rings. The summed E-state index contributed by atoms with van der Waals surface area (Å²) in [6.45, 7) is 0.540. The van der Waals surface area contributed by atoms with E-state index in [4.69, 9.17) is 9.59 Å². The van der Waals surface area contributed by atoms with Crippen molar-refractivity contribution in [2.75, 3.05) is 0 Å². The van der Waals surface area contributed by atoms with Crippen molar-refractivity contribution < 1.29 is 9.59 Å². The van der Waals surface area contributed by atoms with Crippen molar-refractivity contribution >= 4 is 33.0 Å².